The Morgan fingerprint density at radius 1 is 1.31 bits per heavy atom. The van der Waals surface area contributed by atoms with Crippen molar-refractivity contribution in [3.05, 3.63) is 29.8 Å². The van der Waals surface area contributed by atoms with Crippen LogP contribution in [-0.4, -0.2) is 40.7 Å². The second kappa shape index (κ2) is 6.12. The zero-order chi connectivity index (χ0) is 12.0. The minimum absolute atomic E-state index is 0.0217. The molecule has 0 bridgehead atoms. The Bertz CT molecular complexity index is 346. The van der Waals surface area contributed by atoms with E-state index in [0.29, 0.717) is 13.1 Å². The summed E-state index contributed by atoms with van der Waals surface area (Å²) in [5, 5.41) is 18.4. The van der Waals surface area contributed by atoms with Crippen molar-refractivity contribution >= 4 is 5.91 Å². The van der Waals surface area contributed by atoms with Crippen molar-refractivity contribution in [3.63, 3.8) is 0 Å². The van der Waals surface area contributed by atoms with Gasteiger partial charge in [-0.15, -0.1) is 0 Å². The van der Waals surface area contributed by atoms with Gasteiger partial charge in [-0.3, -0.25) is 4.79 Å². The topological polar surface area (TPSA) is 60.8 Å². The summed E-state index contributed by atoms with van der Waals surface area (Å²) in [6.45, 7) is 2.76. The molecule has 0 spiro atoms. The van der Waals surface area contributed by atoms with Gasteiger partial charge in [0.15, 0.2) is 0 Å². The minimum Gasteiger partial charge on any atom is -0.507 e. The molecule has 88 valence electrons. The van der Waals surface area contributed by atoms with E-state index in [1.165, 1.54) is 11.0 Å². The summed E-state index contributed by atoms with van der Waals surface area (Å²) in [6, 6.07) is 6.44. The van der Waals surface area contributed by atoms with Crippen molar-refractivity contribution in [1.29, 1.82) is 0 Å². The third-order valence-electron chi connectivity index (χ3n) is 2.29. The second-order valence-electron chi connectivity index (χ2n) is 3.53. The normalized spacial score (nSPS) is 10.1. The van der Waals surface area contributed by atoms with Gasteiger partial charge in [-0.1, -0.05) is 19.1 Å². The van der Waals surface area contributed by atoms with Crippen LogP contribution in [0.15, 0.2) is 24.3 Å². The van der Waals surface area contributed by atoms with E-state index in [1.54, 1.807) is 18.2 Å². The molecule has 0 atom stereocenters. The quantitative estimate of drug-likeness (QED) is 0.789. The molecule has 0 aromatic heterocycles. The molecular weight excluding hydrogens is 206 g/mol. The van der Waals surface area contributed by atoms with Crippen molar-refractivity contribution in [2.45, 2.75) is 13.3 Å². The smallest absolute Gasteiger partial charge is 0.257 e. The van der Waals surface area contributed by atoms with E-state index in [0.717, 1.165) is 6.42 Å². The van der Waals surface area contributed by atoms with E-state index in [4.69, 9.17) is 5.11 Å². The van der Waals surface area contributed by atoms with Crippen LogP contribution < -0.4 is 0 Å². The molecule has 2 N–H and O–H groups in total. The molecule has 16 heavy (non-hydrogen) atoms. The number of phenols is 1. The molecule has 0 heterocycles. The molecule has 0 aliphatic carbocycles. The fourth-order valence-corrected chi connectivity index (χ4v) is 1.53. The molecule has 0 aliphatic rings. The molecule has 4 nitrogen and oxygen atoms in total. The number of rotatable bonds is 5. The lowest BCUT2D eigenvalue weighted by Gasteiger charge is -2.21. The molecule has 0 aliphatic heterocycles. The van der Waals surface area contributed by atoms with Crippen molar-refractivity contribution in [2.75, 3.05) is 19.7 Å². The van der Waals surface area contributed by atoms with Gasteiger partial charge in [0.05, 0.1) is 12.2 Å². The molecule has 1 rings (SSSR count). The number of hydrogen-bond donors (Lipinski definition) is 2. The minimum atomic E-state index is -0.242. The summed E-state index contributed by atoms with van der Waals surface area (Å²) < 4.78 is 0. The first-order valence-corrected chi connectivity index (χ1v) is 5.38. The van der Waals surface area contributed by atoms with Gasteiger partial charge >= 0.3 is 0 Å². The van der Waals surface area contributed by atoms with Crippen molar-refractivity contribution in [1.82, 2.24) is 4.90 Å². The van der Waals surface area contributed by atoms with Crippen LogP contribution in [0, 0.1) is 0 Å². The summed E-state index contributed by atoms with van der Waals surface area (Å²) in [7, 11) is 0. The number of nitrogens with zero attached hydrogens (tertiary/aromatic N) is 1. The van der Waals surface area contributed by atoms with E-state index < -0.39 is 0 Å². The molecule has 0 saturated carbocycles. The summed E-state index contributed by atoms with van der Waals surface area (Å²) in [5.74, 6) is -0.263. The molecule has 4 heteroatoms. The van der Waals surface area contributed by atoms with Crippen LogP contribution in [0.4, 0.5) is 0 Å². The number of aliphatic hydroxyl groups excluding tert-OH is 1. The maximum atomic E-state index is 12.0. The van der Waals surface area contributed by atoms with Gasteiger partial charge in [-0.2, -0.15) is 0 Å². The Morgan fingerprint density at radius 3 is 2.56 bits per heavy atom. The highest BCUT2D eigenvalue weighted by Gasteiger charge is 2.17. The van der Waals surface area contributed by atoms with Gasteiger partial charge in [-0.05, 0) is 18.6 Å². The highest BCUT2D eigenvalue weighted by atomic mass is 16.3. The standard InChI is InChI=1S/C12H17NO3/c1-2-7-13(8-9-14)12(16)10-5-3-4-6-11(10)15/h3-6,14-15H,2,7-9H2,1H3. The van der Waals surface area contributed by atoms with Gasteiger partial charge in [0.1, 0.15) is 5.75 Å². The first-order chi connectivity index (χ1) is 7.70. The lowest BCUT2D eigenvalue weighted by atomic mass is 10.1. The van der Waals surface area contributed by atoms with Crippen LogP contribution in [0.25, 0.3) is 0 Å². The number of amides is 1. The third-order valence-corrected chi connectivity index (χ3v) is 2.29. The number of phenolic OH excluding ortho intramolecular Hbond substituents is 1. The van der Waals surface area contributed by atoms with Crippen molar-refractivity contribution in [3.8, 4) is 5.75 Å². The molecule has 1 amide bonds. The predicted molar refractivity (Wildman–Crippen MR) is 61.4 cm³/mol. The van der Waals surface area contributed by atoms with Crippen molar-refractivity contribution < 1.29 is 15.0 Å². The van der Waals surface area contributed by atoms with Gasteiger partial charge < -0.3 is 15.1 Å². The average Bonchev–Trinajstić information content (AvgIpc) is 2.28. The fourth-order valence-electron chi connectivity index (χ4n) is 1.53. The van der Waals surface area contributed by atoms with E-state index in [1.807, 2.05) is 6.92 Å². The van der Waals surface area contributed by atoms with Crippen molar-refractivity contribution in [2.24, 2.45) is 0 Å². The van der Waals surface area contributed by atoms with Gasteiger partial charge in [0.25, 0.3) is 5.91 Å². The highest BCUT2D eigenvalue weighted by molar-refractivity contribution is 5.96. The van der Waals surface area contributed by atoms with E-state index in [2.05, 4.69) is 0 Å². The summed E-state index contributed by atoms with van der Waals surface area (Å²) in [5.41, 5.74) is 0.282. The SMILES string of the molecule is CCCN(CCO)C(=O)c1ccccc1O. The van der Waals surface area contributed by atoms with E-state index in [9.17, 15) is 9.90 Å². The molecule has 0 unspecified atom stereocenters. The zero-order valence-corrected chi connectivity index (χ0v) is 9.39. The molecule has 0 fully saturated rings. The Labute approximate surface area is 95.1 Å². The van der Waals surface area contributed by atoms with E-state index >= 15 is 0 Å². The summed E-state index contributed by atoms with van der Waals surface area (Å²) >= 11 is 0. The van der Waals surface area contributed by atoms with Gasteiger partial charge in [-0.25, -0.2) is 0 Å². The van der Waals surface area contributed by atoms with Crippen LogP contribution in [0.2, 0.25) is 0 Å². The lowest BCUT2D eigenvalue weighted by molar-refractivity contribution is 0.0719. The first kappa shape index (κ1) is 12.5. The zero-order valence-electron chi connectivity index (χ0n) is 9.39. The van der Waals surface area contributed by atoms with Crippen LogP contribution >= 0.6 is 0 Å². The Balaban J connectivity index is 2.85. The molecule has 0 radical (unpaired) electrons. The molecule has 1 aromatic rings. The lowest BCUT2D eigenvalue weighted by Crippen LogP contribution is -2.34. The highest BCUT2D eigenvalue weighted by Crippen LogP contribution is 2.17. The van der Waals surface area contributed by atoms with Crippen LogP contribution in [-0.2, 0) is 0 Å². The molecule has 0 saturated heterocycles. The van der Waals surface area contributed by atoms with E-state index in [-0.39, 0.29) is 23.8 Å². The Hall–Kier alpha value is -1.55. The summed E-state index contributed by atoms with van der Waals surface area (Å²) in [4.78, 5) is 13.5. The maximum Gasteiger partial charge on any atom is 0.257 e. The number of carbonyl (C=O) groups is 1. The molecule has 1 aromatic carbocycles. The number of para-hydroxylation sites is 1. The summed E-state index contributed by atoms with van der Waals surface area (Å²) in [6.07, 6.45) is 0.819. The third kappa shape index (κ3) is 2.97. The van der Waals surface area contributed by atoms with Crippen LogP contribution in [0.3, 0.4) is 0 Å². The number of benzene rings is 1. The first-order valence-electron chi connectivity index (χ1n) is 5.38. The van der Waals surface area contributed by atoms with Crippen LogP contribution in [0.5, 0.6) is 5.75 Å². The molecular formula is C12H17NO3. The monoisotopic (exact) mass is 223 g/mol. The van der Waals surface area contributed by atoms with Crippen LogP contribution in [0.1, 0.15) is 23.7 Å². The average molecular weight is 223 g/mol. The number of aliphatic hydroxyl groups is 1. The Kier molecular flexibility index (Phi) is 4.79. The second-order valence-corrected chi connectivity index (χ2v) is 3.53. The Morgan fingerprint density at radius 2 is 2.00 bits per heavy atom. The fraction of sp³-hybridized carbons (Fsp3) is 0.417. The van der Waals surface area contributed by atoms with Gasteiger partial charge in [0.2, 0.25) is 0 Å². The van der Waals surface area contributed by atoms with Gasteiger partial charge in [0, 0.05) is 13.1 Å². The number of carbonyl (C=O) groups excluding carboxylic acids is 1. The number of hydrogen-bond acceptors (Lipinski definition) is 3. The predicted octanol–water partition coefficient (Wildman–Crippen LogP) is 1.24. The number of aromatic hydroxyl groups is 1. The largest absolute Gasteiger partial charge is 0.507 e. The maximum absolute atomic E-state index is 12.0.